The number of carbonyl (C=O) groups is 1. The van der Waals surface area contributed by atoms with Crippen LogP contribution in [0.2, 0.25) is 0 Å². The Morgan fingerprint density at radius 2 is 2.29 bits per heavy atom. The molecule has 1 aliphatic rings. The van der Waals surface area contributed by atoms with Crippen molar-refractivity contribution < 1.29 is 14.6 Å². The average molecular weight is 329 g/mol. The molecule has 1 aliphatic heterocycles. The zero-order chi connectivity index (χ0) is 16.9. The molecule has 6 nitrogen and oxygen atoms in total. The Morgan fingerprint density at radius 1 is 1.46 bits per heavy atom. The number of amides is 1. The number of phenolic OH excluding ortho intramolecular Hbond substituents is 1. The molecule has 24 heavy (non-hydrogen) atoms. The normalized spacial score (nSPS) is 17.1. The van der Waals surface area contributed by atoms with Crippen molar-refractivity contribution in [3.63, 3.8) is 0 Å². The molecule has 6 heteroatoms. The van der Waals surface area contributed by atoms with Gasteiger partial charge in [-0.2, -0.15) is 5.10 Å². The molecule has 1 N–H and O–H groups in total. The highest BCUT2D eigenvalue weighted by atomic mass is 16.5. The van der Waals surface area contributed by atoms with E-state index in [9.17, 15) is 9.90 Å². The first-order valence-electron chi connectivity index (χ1n) is 8.25. The fourth-order valence-corrected chi connectivity index (χ4v) is 2.99. The summed E-state index contributed by atoms with van der Waals surface area (Å²) in [6, 6.07) is 7.13. The first-order valence-corrected chi connectivity index (χ1v) is 8.25. The number of aryl methyl sites for hydroxylation is 1. The highest BCUT2D eigenvalue weighted by molar-refractivity contribution is 5.78. The second-order valence-electron chi connectivity index (χ2n) is 6.24. The zero-order valence-electron chi connectivity index (χ0n) is 13.9. The highest BCUT2D eigenvalue weighted by Gasteiger charge is 2.23. The standard InChI is InChI=1S/C18H23N3O3/c1-20-11-14(10-19-20)9-18(23)21(13-16-6-4-8-24-16)12-15-5-2-3-7-17(15)22/h2-3,5,7,10-11,16,22H,4,6,8-9,12-13H2,1H3. The van der Waals surface area contributed by atoms with Gasteiger partial charge in [-0.15, -0.1) is 0 Å². The largest absolute Gasteiger partial charge is 0.508 e. The lowest BCUT2D eigenvalue weighted by Crippen LogP contribution is -2.37. The lowest BCUT2D eigenvalue weighted by Gasteiger charge is -2.26. The van der Waals surface area contributed by atoms with Gasteiger partial charge < -0.3 is 14.7 Å². The Hall–Kier alpha value is -2.34. The smallest absolute Gasteiger partial charge is 0.227 e. The van der Waals surface area contributed by atoms with E-state index in [0.717, 1.165) is 30.6 Å². The molecule has 1 atom stereocenters. The number of para-hydroxylation sites is 1. The fourth-order valence-electron chi connectivity index (χ4n) is 2.99. The van der Waals surface area contributed by atoms with Gasteiger partial charge in [-0.1, -0.05) is 18.2 Å². The summed E-state index contributed by atoms with van der Waals surface area (Å²) >= 11 is 0. The van der Waals surface area contributed by atoms with E-state index < -0.39 is 0 Å². The number of hydrogen-bond acceptors (Lipinski definition) is 4. The van der Waals surface area contributed by atoms with E-state index in [1.165, 1.54) is 0 Å². The summed E-state index contributed by atoms with van der Waals surface area (Å²) in [7, 11) is 1.83. The molecule has 1 saturated heterocycles. The lowest BCUT2D eigenvalue weighted by molar-refractivity contribution is -0.132. The molecule has 2 heterocycles. The number of rotatable bonds is 6. The second-order valence-corrected chi connectivity index (χ2v) is 6.24. The quantitative estimate of drug-likeness (QED) is 0.879. The van der Waals surface area contributed by atoms with Crippen LogP contribution >= 0.6 is 0 Å². The maximum Gasteiger partial charge on any atom is 0.227 e. The monoisotopic (exact) mass is 329 g/mol. The van der Waals surface area contributed by atoms with E-state index >= 15 is 0 Å². The molecule has 0 aliphatic carbocycles. The van der Waals surface area contributed by atoms with Crippen LogP contribution in [0.15, 0.2) is 36.7 Å². The number of ether oxygens (including phenoxy) is 1. The second kappa shape index (κ2) is 7.49. The van der Waals surface area contributed by atoms with E-state index in [-0.39, 0.29) is 17.8 Å². The van der Waals surface area contributed by atoms with E-state index in [2.05, 4.69) is 5.10 Å². The van der Waals surface area contributed by atoms with Gasteiger partial charge in [0, 0.05) is 38.5 Å². The summed E-state index contributed by atoms with van der Waals surface area (Å²) in [4.78, 5) is 14.6. The maximum absolute atomic E-state index is 12.8. The predicted molar refractivity (Wildman–Crippen MR) is 89.4 cm³/mol. The predicted octanol–water partition coefficient (Wildman–Crippen LogP) is 1.88. The molecule has 1 unspecified atom stereocenters. The van der Waals surface area contributed by atoms with Crippen LogP contribution in [0, 0.1) is 0 Å². The molecule has 3 rings (SSSR count). The molecular formula is C18H23N3O3. The Balaban J connectivity index is 1.72. The van der Waals surface area contributed by atoms with Crippen LogP contribution in [-0.2, 0) is 29.5 Å². The lowest BCUT2D eigenvalue weighted by atomic mass is 10.1. The van der Waals surface area contributed by atoms with Gasteiger partial charge in [-0.3, -0.25) is 9.48 Å². The van der Waals surface area contributed by atoms with Crippen molar-refractivity contribution in [3.8, 4) is 5.75 Å². The summed E-state index contributed by atoms with van der Waals surface area (Å²) in [6.45, 7) is 1.69. The van der Waals surface area contributed by atoms with E-state index in [0.29, 0.717) is 19.5 Å². The van der Waals surface area contributed by atoms with Gasteiger partial charge in [0.25, 0.3) is 0 Å². The van der Waals surface area contributed by atoms with Gasteiger partial charge in [0.2, 0.25) is 5.91 Å². The Bertz CT molecular complexity index is 692. The van der Waals surface area contributed by atoms with Gasteiger partial charge >= 0.3 is 0 Å². The van der Waals surface area contributed by atoms with Crippen LogP contribution in [0.1, 0.15) is 24.0 Å². The first kappa shape index (κ1) is 16.5. The zero-order valence-corrected chi connectivity index (χ0v) is 13.9. The molecule has 0 spiro atoms. The number of nitrogens with zero attached hydrogens (tertiary/aromatic N) is 3. The van der Waals surface area contributed by atoms with Crippen LogP contribution in [-0.4, -0.2) is 44.9 Å². The number of hydrogen-bond donors (Lipinski definition) is 1. The molecule has 2 aromatic rings. The molecule has 1 aromatic heterocycles. The number of phenols is 1. The molecule has 1 aromatic carbocycles. The van der Waals surface area contributed by atoms with Crippen molar-refractivity contribution in [2.45, 2.75) is 31.9 Å². The number of aromatic nitrogens is 2. The minimum Gasteiger partial charge on any atom is -0.508 e. The fraction of sp³-hybridized carbons (Fsp3) is 0.444. The van der Waals surface area contributed by atoms with Crippen molar-refractivity contribution >= 4 is 5.91 Å². The summed E-state index contributed by atoms with van der Waals surface area (Å²) in [5.41, 5.74) is 1.63. The third kappa shape index (κ3) is 4.14. The SMILES string of the molecule is Cn1cc(CC(=O)N(Cc2ccccc2O)CC2CCCO2)cn1. The van der Waals surface area contributed by atoms with E-state index in [4.69, 9.17) is 4.74 Å². The Labute approximate surface area is 141 Å². The summed E-state index contributed by atoms with van der Waals surface area (Å²) in [5, 5.41) is 14.1. The number of carbonyl (C=O) groups excluding carboxylic acids is 1. The average Bonchev–Trinajstić information content (AvgIpc) is 3.20. The summed E-state index contributed by atoms with van der Waals surface area (Å²) in [5.74, 6) is 0.228. The van der Waals surface area contributed by atoms with Crippen LogP contribution in [0.5, 0.6) is 5.75 Å². The van der Waals surface area contributed by atoms with Crippen molar-refractivity contribution in [1.82, 2.24) is 14.7 Å². The summed E-state index contributed by atoms with van der Waals surface area (Å²) in [6.07, 6.45) is 5.94. The van der Waals surface area contributed by atoms with Crippen molar-refractivity contribution in [2.24, 2.45) is 7.05 Å². The number of aromatic hydroxyl groups is 1. The van der Waals surface area contributed by atoms with Crippen molar-refractivity contribution in [1.29, 1.82) is 0 Å². The first-order chi connectivity index (χ1) is 11.6. The molecule has 1 amide bonds. The number of benzene rings is 1. The molecule has 1 fully saturated rings. The molecule has 0 bridgehead atoms. The molecule has 0 radical (unpaired) electrons. The van der Waals surface area contributed by atoms with Crippen LogP contribution in [0.3, 0.4) is 0 Å². The van der Waals surface area contributed by atoms with Gasteiger partial charge in [0.05, 0.1) is 18.7 Å². The minimum atomic E-state index is 0.0155. The van der Waals surface area contributed by atoms with Gasteiger partial charge in [-0.25, -0.2) is 0 Å². The Morgan fingerprint density at radius 3 is 2.96 bits per heavy atom. The molecule has 128 valence electrons. The highest BCUT2D eigenvalue weighted by Crippen LogP contribution is 2.21. The third-order valence-electron chi connectivity index (χ3n) is 4.27. The van der Waals surface area contributed by atoms with Gasteiger partial charge in [0.1, 0.15) is 5.75 Å². The van der Waals surface area contributed by atoms with Crippen molar-refractivity contribution in [3.05, 3.63) is 47.8 Å². The van der Waals surface area contributed by atoms with Crippen LogP contribution in [0.4, 0.5) is 0 Å². The molecular weight excluding hydrogens is 306 g/mol. The van der Waals surface area contributed by atoms with Crippen LogP contribution in [0.25, 0.3) is 0 Å². The summed E-state index contributed by atoms with van der Waals surface area (Å²) < 4.78 is 7.37. The maximum atomic E-state index is 12.8. The van der Waals surface area contributed by atoms with Crippen molar-refractivity contribution in [2.75, 3.05) is 13.2 Å². The van der Waals surface area contributed by atoms with Crippen LogP contribution < -0.4 is 0 Å². The van der Waals surface area contributed by atoms with Gasteiger partial charge in [0.15, 0.2) is 0 Å². The third-order valence-corrected chi connectivity index (χ3v) is 4.27. The van der Waals surface area contributed by atoms with E-state index in [1.54, 1.807) is 27.9 Å². The molecule has 0 saturated carbocycles. The van der Waals surface area contributed by atoms with E-state index in [1.807, 2.05) is 25.4 Å². The van der Waals surface area contributed by atoms with Gasteiger partial charge in [-0.05, 0) is 24.5 Å². The Kier molecular flexibility index (Phi) is 5.15. The topological polar surface area (TPSA) is 67.6 Å². The minimum absolute atomic E-state index is 0.0155.